The monoisotopic (exact) mass is 190 g/mol. The lowest BCUT2D eigenvalue weighted by molar-refractivity contribution is 0.467. The maximum Gasteiger partial charge on any atom is 0.135 e. The highest BCUT2D eigenvalue weighted by Gasteiger charge is 2.13. The molecule has 2 rings (SSSR count). The molecule has 1 heterocycles. The van der Waals surface area contributed by atoms with Crippen molar-refractivity contribution < 1.29 is 9.52 Å². The van der Waals surface area contributed by atoms with E-state index in [0.717, 1.165) is 33.4 Å². The van der Waals surface area contributed by atoms with Gasteiger partial charge >= 0.3 is 0 Å². The lowest BCUT2D eigenvalue weighted by Crippen LogP contribution is -1.82. The van der Waals surface area contributed by atoms with Gasteiger partial charge in [-0.1, -0.05) is 0 Å². The average molecular weight is 190 g/mol. The van der Waals surface area contributed by atoms with E-state index < -0.39 is 0 Å². The summed E-state index contributed by atoms with van der Waals surface area (Å²) in [5.74, 6) is 1.30. The fraction of sp³-hybridized carbons (Fsp3) is 0.333. The van der Waals surface area contributed by atoms with Crippen molar-refractivity contribution in [3.63, 3.8) is 0 Å². The van der Waals surface area contributed by atoms with E-state index in [4.69, 9.17) is 4.42 Å². The van der Waals surface area contributed by atoms with Crippen LogP contribution >= 0.6 is 0 Å². The number of rotatable bonds is 0. The third-order valence-corrected chi connectivity index (χ3v) is 2.86. The van der Waals surface area contributed by atoms with Gasteiger partial charge in [-0.15, -0.1) is 0 Å². The van der Waals surface area contributed by atoms with Gasteiger partial charge in [-0.25, -0.2) is 0 Å². The number of aromatic hydroxyl groups is 1. The number of benzene rings is 1. The van der Waals surface area contributed by atoms with Crippen LogP contribution in [0.15, 0.2) is 10.5 Å². The van der Waals surface area contributed by atoms with Gasteiger partial charge in [0.2, 0.25) is 0 Å². The molecule has 0 saturated carbocycles. The maximum atomic E-state index is 9.80. The second-order valence-electron chi connectivity index (χ2n) is 3.82. The number of phenols is 1. The van der Waals surface area contributed by atoms with Crippen molar-refractivity contribution in [2.75, 3.05) is 0 Å². The van der Waals surface area contributed by atoms with E-state index in [1.165, 1.54) is 0 Å². The summed E-state index contributed by atoms with van der Waals surface area (Å²) in [6, 6.07) is 1.89. The molecule has 1 N–H and O–H groups in total. The molecule has 0 spiro atoms. The van der Waals surface area contributed by atoms with Gasteiger partial charge in [0.05, 0.1) is 0 Å². The van der Waals surface area contributed by atoms with Crippen molar-refractivity contribution in [2.24, 2.45) is 0 Å². The number of aryl methyl sites for hydroxylation is 4. The minimum Gasteiger partial charge on any atom is -0.507 e. The summed E-state index contributed by atoms with van der Waals surface area (Å²) in [4.78, 5) is 0. The van der Waals surface area contributed by atoms with Gasteiger partial charge in [0.25, 0.3) is 0 Å². The predicted molar refractivity (Wildman–Crippen MR) is 56.8 cm³/mol. The second-order valence-corrected chi connectivity index (χ2v) is 3.82. The molecular weight excluding hydrogens is 176 g/mol. The zero-order valence-electron chi connectivity index (χ0n) is 8.93. The third kappa shape index (κ3) is 1.03. The largest absolute Gasteiger partial charge is 0.507 e. The van der Waals surface area contributed by atoms with Gasteiger partial charge in [-0.2, -0.15) is 0 Å². The average Bonchev–Trinajstić information content (AvgIpc) is 2.39. The molecule has 2 heteroatoms. The first kappa shape index (κ1) is 9.13. The number of hydrogen-bond donors (Lipinski definition) is 1. The summed E-state index contributed by atoms with van der Waals surface area (Å²) in [7, 11) is 0. The Morgan fingerprint density at radius 2 is 1.71 bits per heavy atom. The SMILES string of the molecule is Cc1cc2oc(C)c(C)c2c(C)c1O. The van der Waals surface area contributed by atoms with Gasteiger partial charge < -0.3 is 9.52 Å². The van der Waals surface area contributed by atoms with Crippen LogP contribution in [0.5, 0.6) is 5.75 Å². The first-order valence-electron chi connectivity index (χ1n) is 4.71. The van der Waals surface area contributed by atoms with E-state index in [1.54, 1.807) is 0 Å². The summed E-state index contributed by atoms with van der Waals surface area (Å²) in [6.45, 7) is 7.77. The summed E-state index contributed by atoms with van der Waals surface area (Å²) in [5, 5.41) is 10.8. The van der Waals surface area contributed by atoms with Crippen LogP contribution in [-0.2, 0) is 0 Å². The highest BCUT2D eigenvalue weighted by molar-refractivity contribution is 5.88. The highest BCUT2D eigenvalue weighted by atomic mass is 16.3. The fourth-order valence-corrected chi connectivity index (χ4v) is 1.90. The molecule has 0 unspecified atom stereocenters. The molecule has 2 aromatic rings. The standard InChI is InChI=1S/C12H14O2/c1-6-5-10-11(8(3)12(6)13)7(2)9(4)14-10/h5,13H,1-4H3. The van der Waals surface area contributed by atoms with Crippen molar-refractivity contribution >= 4 is 11.0 Å². The Morgan fingerprint density at radius 1 is 1.07 bits per heavy atom. The van der Waals surface area contributed by atoms with Crippen LogP contribution in [-0.4, -0.2) is 5.11 Å². The van der Waals surface area contributed by atoms with Gasteiger partial charge in [0.1, 0.15) is 17.1 Å². The summed E-state index contributed by atoms with van der Waals surface area (Å²) >= 11 is 0. The van der Waals surface area contributed by atoms with Crippen molar-refractivity contribution in [3.05, 3.63) is 28.5 Å². The molecule has 74 valence electrons. The number of phenolic OH excluding ortho intramolecular Hbond substituents is 1. The Labute approximate surface area is 83.2 Å². The Morgan fingerprint density at radius 3 is 2.36 bits per heavy atom. The third-order valence-electron chi connectivity index (χ3n) is 2.86. The summed E-state index contributed by atoms with van der Waals surface area (Å²) in [6.07, 6.45) is 0. The van der Waals surface area contributed by atoms with Crippen molar-refractivity contribution in [2.45, 2.75) is 27.7 Å². The first-order valence-corrected chi connectivity index (χ1v) is 4.71. The topological polar surface area (TPSA) is 33.4 Å². The molecular formula is C12H14O2. The Bertz CT molecular complexity index is 507. The van der Waals surface area contributed by atoms with E-state index in [0.29, 0.717) is 5.75 Å². The molecule has 0 fully saturated rings. The molecule has 0 bridgehead atoms. The molecule has 0 aliphatic carbocycles. The molecule has 14 heavy (non-hydrogen) atoms. The van der Waals surface area contributed by atoms with Crippen molar-refractivity contribution in [1.82, 2.24) is 0 Å². The second kappa shape index (κ2) is 2.77. The lowest BCUT2D eigenvalue weighted by Gasteiger charge is -2.03. The van der Waals surface area contributed by atoms with Gasteiger partial charge in [0.15, 0.2) is 0 Å². The molecule has 2 nitrogen and oxygen atoms in total. The Kier molecular flexibility index (Phi) is 1.81. The van der Waals surface area contributed by atoms with E-state index >= 15 is 0 Å². The molecule has 0 amide bonds. The van der Waals surface area contributed by atoms with E-state index in [2.05, 4.69) is 0 Å². The zero-order chi connectivity index (χ0) is 10.5. The first-order chi connectivity index (χ1) is 6.52. The molecule has 0 saturated heterocycles. The molecule has 0 radical (unpaired) electrons. The van der Waals surface area contributed by atoms with Crippen LogP contribution in [0.2, 0.25) is 0 Å². The zero-order valence-corrected chi connectivity index (χ0v) is 8.93. The fourth-order valence-electron chi connectivity index (χ4n) is 1.90. The van der Waals surface area contributed by atoms with Crippen LogP contribution in [0, 0.1) is 27.7 Å². The predicted octanol–water partition coefficient (Wildman–Crippen LogP) is 3.37. The number of fused-ring (bicyclic) bond motifs is 1. The van der Waals surface area contributed by atoms with Crippen LogP contribution < -0.4 is 0 Å². The van der Waals surface area contributed by atoms with Crippen molar-refractivity contribution in [3.8, 4) is 5.75 Å². The molecule has 0 aliphatic rings. The minimum atomic E-state index is 0.376. The Hall–Kier alpha value is -1.44. The smallest absolute Gasteiger partial charge is 0.135 e. The van der Waals surface area contributed by atoms with Crippen LogP contribution in [0.25, 0.3) is 11.0 Å². The van der Waals surface area contributed by atoms with E-state index in [-0.39, 0.29) is 0 Å². The van der Waals surface area contributed by atoms with E-state index in [1.807, 2.05) is 33.8 Å². The molecule has 0 atom stereocenters. The van der Waals surface area contributed by atoms with Gasteiger partial charge in [0, 0.05) is 10.9 Å². The van der Waals surface area contributed by atoms with Gasteiger partial charge in [-0.05, 0) is 44.9 Å². The molecule has 0 aliphatic heterocycles. The normalized spacial score (nSPS) is 11.1. The quantitative estimate of drug-likeness (QED) is 0.691. The van der Waals surface area contributed by atoms with Crippen molar-refractivity contribution in [1.29, 1.82) is 0 Å². The highest BCUT2D eigenvalue weighted by Crippen LogP contribution is 2.34. The Balaban J connectivity index is 2.99. The molecule has 1 aromatic carbocycles. The van der Waals surface area contributed by atoms with Crippen LogP contribution in [0.3, 0.4) is 0 Å². The summed E-state index contributed by atoms with van der Waals surface area (Å²) in [5.41, 5.74) is 3.76. The molecule has 1 aromatic heterocycles. The number of furan rings is 1. The minimum absolute atomic E-state index is 0.376. The lowest BCUT2D eigenvalue weighted by atomic mass is 10.0. The maximum absolute atomic E-state index is 9.80. The summed E-state index contributed by atoms with van der Waals surface area (Å²) < 4.78 is 5.60. The van der Waals surface area contributed by atoms with Gasteiger partial charge in [-0.3, -0.25) is 0 Å². The number of hydrogen-bond acceptors (Lipinski definition) is 2. The van der Waals surface area contributed by atoms with E-state index in [9.17, 15) is 5.11 Å². The van der Waals surface area contributed by atoms with Crippen LogP contribution in [0.1, 0.15) is 22.5 Å². The van der Waals surface area contributed by atoms with Crippen LogP contribution in [0.4, 0.5) is 0 Å².